The third kappa shape index (κ3) is 4.13. The van der Waals surface area contributed by atoms with Crippen LogP contribution in [0.1, 0.15) is 0 Å². The van der Waals surface area contributed by atoms with Crippen molar-refractivity contribution in [2.24, 2.45) is 0 Å². The van der Waals surface area contributed by atoms with Crippen LogP contribution in [0.4, 0.5) is 17.1 Å². The Morgan fingerprint density at radius 3 is 1.87 bits per heavy atom. The van der Waals surface area contributed by atoms with E-state index in [1.807, 2.05) is 12.1 Å². The first-order chi connectivity index (χ1) is 22.3. The average molecular weight is 577 g/mol. The van der Waals surface area contributed by atoms with Crippen LogP contribution in [-0.4, -0.2) is 4.57 Å². The van der Waals surface area contributed by atoms with Gasteiger partial charge in [0, 0.05) is 44.7 Å². The Morgan fingerprint density at radius 2 is 1.07 bits per heavy atom. The molecule has 0 aliphatic carbocycles. The van der Waals surface area contributed by atoms with Crippen LogP contribution in [0.15, 0.2) is 174 Å². The topological polar surface area (TPSA) is 21.3 Å². The maximum absolute atomic E-state index is 6.40. The highest BCUT2D eigenvalue weighted by Gasteiger charge is 2.23. The molecule has 7 aromatic carbocycles. The summed E-state index contributed by atoms with van der Waals surface area (Å²) in [6, 6.07) is 60.2. The number of para-hydroxylation sites is 4. The van der Waals surface area contributed by atoms with Gasteiger partial charge in [-0.2, -0.15) is 0 Å². The number of aromatic nitrogens is 1. The van der Waals surface area contributed by atoms with E-state index >= 15 is 0 Å². The van der Waals surface area contributed by atoms with Crippen molar-refractivity contribution in [3.8, 4) is 16.8 Å². The minimum atomic E-state index is 0.869. The number of rotatable bonds is 5. The number of anilines is 3. The smallest absolute Gasteiger partial charge is 0.137 e. The van der Waals surface area contributed by atoms with E-state index in [4.69, 9.17) is 4.42 Å². The van der Waals surface area contributed by atoms with Crippen molar-refractivity contribution < 1.29 is 4.42 Å². The van der Waals surface area contributed by atoms with Gasteiger partial charge in [0.15, 0.2) is 0 Å². The first-order valence-corrected chi connectivity index (χ1v) is 15.3. The molecule has 0 atom stereocenters. The molecule has 2 aromatic heterocycles. The Kier molecular flexibility index (Phi) is 5.82. The van der Waals surface area contributed by atoms with E-state index in [0.29, 0.717) is 0 Å². The fourth-order valence-corrected chi connectivity index (χ4v) is 6.75. The van der Waals surface area contributed by atoms with Crippen molar-refractivity contribution in [2.45, 2.75) is 0 Å². The van der Waals surface area contributed by atoms with Gasteiger partial charge in [-0.15, -0.1) is 0 Å². The van der Waals surface area contributed by atoms with Crippen LogP contribution in [-0.2, 0) is 0 Å². The zero-order valence-electron chi connectivity index (χ0n) is 24.5. The molecule has 0 amide bonds. The summed E-state index contributed by atoms with van der Waals surface area (Å²) in [4.78, 5) is 2.37. The molecule has 0 aliphatic rings. The summed E-state index contributed by atoms with van der Waals surface area (Å²) in [6.45, 7) is 0. The molecular weight excluding hydrogens is 548 g/mol. The standard InChI is InChI=1S/C42H28N2O/c1-4-14-29(15-5-1)30-26-37-34-20-10-12-22-38(34)44(32-18-8-3-9-19-32)42(37)39(27-30)43(31-16-6-2-7-17-31)33-24-25-36-35-21-11-13-23-40(35)45-41(36)28-33/h1-28H. The molecule has 0 radical (unpaired) electrons. The summed E-state index contributed by atoms with van der Waals surface area (Å²) >= 11 is 0. The number of hydrogen-bond acceptors (Lipinski definition) is 2. The zero-order chi connectivity index (χ0) is 29.7. The minimum Gasteiger partial charge on any atom is -0.456 e. The second-order valence-electron chi connectivity index (χ2n) is 11.4. The van der Waals surface area contributed by atoms with Gasteiger partial charge in [-0.3, -0.25) is 0 Å². The van der Waals surface area contributed by atoms with Gasteiger partial charge in [-0.1, -0.05) is 103 Å². The molecule has 3 nitrogen and oxygen atoms in total. The van der Waals surface area contributed by atoms with Crippen LogP contribution in [0.25, 0.3) is 60.6 Å². The van der Waals surface area contributed by atoms with E-state index < -0.39 is 0 Å². The van der Waals surface area contributed by atoms with Crippen LogP contribution < -0.4 is 4.90 Å². The first-order valence-electron chi connectivity index (χ1n) is 15.3. The average Bonchev–Trinajstić information content (AvgIpc) is 3.65. The van der Waals surface area contributed by atoms with Crippen LogP contribution in [0.5, 0.6) is 0 Å². The van der Waals surface area contributed by atoms with E-state index in [9.17, 15) is 0 Å². The maximum atomic E-state index is 6.40. The molecule has 0 bridgehead atoms. The zero-order valence-corrected chi connectivity index (χ0v) is 24.5. The second kappa shape index (κ2) is 10.3. The molecule has 0 N–H and O–H groups in total. The molecule has 0 aliphatic heterocycles. The molecule has 0 saturated carbocycles. The highest BCUT2D eigenvalue weighted by Crippen LogP contribution is 2.46. The van der Waals surface area contributed by atoms with Crippen LogP contribution >= 0.6 is 0 Å². The highest BCUT2D eigenvalue weighted by molar-refractivity contribution is 6.16. The molecule has 212 valence electrons. The summed E-state index contributed by atoms with van der Waals surface area (Å²) < 4.78 is 8.81. The van der Waals surface area contributed by atoms with E-state index in [0.717, 1.165) is 50.2 Å². The lowest BCUT2D eigenvalue weighted by atomic mass is 10.00. The normalized spacial score (nSPS) is 11.6. The van der Waals surface area contributed by atoms with Gasteiger partial charge < -0.3 is 13.9 Å². The SMILES string of the molecule is c1ccc(-c2cc(N(c3ccccc3)c3ccc4c(c3)oc3ccccc34)c3c(c2)c2ccccc2n3-c2ccccc2)cc1. The predicted molar refractivity (Wildman–Crippen MR) is 188 cm³/mol. The highest BCUT2D eigenvalue weighted by atomic mass is 16.3. The monoisotopic (exact) mass is 576 g/mol. The van der Waals surface area contributed by atoms with Gasteiger partial charge in [0.1, 0.15) is 11.2 Å². The van der Waals surface area contributed by atoms with Crippen molar-refractivity contribution in [1.82, 2.24) is 4.57 Å². The van der Waals surface area contributed by atoms with E-state index in [-0.39, 0.29) is 0 Å². The van der Waals surface area contributed by atoms with Gasteiger partial charge in [0.2, 0.25) is 0 Å². The van der Waals surface area contributed by atoms with Gasteiger partial charge in [0.05, 0.1) is 16.7 Å². The van der Waals surface area contributed by atoms with E-state index in [1.165, 1.54) is 27.4 Å². The quantitative estimate of drug-likeness (QED) is 0.203. The Bertz CT molecular complexity index is 2470. The van der Waals surface area contributed by atoms with Crippen LogP contribution in [0.3, 0.4) is 0 Å². The fraction of sp³-hybridized carbons (Fsp3) is 0. The lowest BCUT2D eigenvalue weighted by Crippen LogP contribution is -2.12. The van der Waals surface area contributed by atoms with Gasteiger partial charge >= 0.3 is 0 Å². The van der Waals surface area contributed by atoms with Crippen molar-refractivity contribution in [3.05, 3.63) is 170 Å². The molecule has 0 spiro atoms. The lowest BCUT2D eigenvalue weighted by Gasteiger charge is -2.27. The molecule has 9 aromatic rings. The van der Waals surface area contributed by atoms with Crippen molar-refractivity contribution in [1.29, 1.82) is 0 Å². The summed E-state index contributed by atoms with van der Waals surface area (Å²) in [5.41, 5.74) is 10.8. The number of nitrogens with zero attached hydrogens (tertiary/aromatic N) is 2. The van der Waals surface area contributed by atoms with E-state index in [1.54, 1.807) is 0 Å². The maximum Gasteiger partial charge on any atom is 0.137 e. The van der Waals surface area contributed by atoms with Gasteiger partial charge in [0.25, 0.3) is 0 Å². The van der Waals surface area contributed by atoms with Crippen molar-refractivity contribution in [2.75, 3.05) is 4.90 Å². The molecular formula is C42H28N2O. The van der Waals surface area contributed by atoms with Gasteiger partial charge in [-0.05, 0) is 71.8 Å². The van der Waals surface area contributed by atoms with Crippen LogP contribution in [0.2, 0.25) is 0 Å². The predicted octanol–water partition coefficient (Wildman–Crippen LogP) is 11.8. The molecule has 45 heavy (non-hydrogen) atoms. The molecule has 9 rings (SSSR count). The second-order valence-corrected chi connectivity index (χ2v) is 11.4. The third-order valence-corrected chi connectivity index (χ3v) is 8.75. The van der Waals surface area contributed by atoms with Crippen molar-refractivity contribution >= 4 is 60.8 Å². The third-order valence-electron chi connectivity index (χ3n) is 8.75. The minimum absolute atomic E-state index is 0.869. The Morgan fingerprint density at radius 1 is 0.422 bits per heavy atom. The summed E-state index contributed by atoms with van der Waals surface area (Å²) in [5, 5.41) is 4.67. The summed E-state index contributed by atoms with van der Waals surface area (Å²) in [5.74, 6) is 0. The van der Waals surface area contributed by atoms with E-state index in [2.05, 4.69) is 167 Å². The molecule has 2 heterocycles. The Hall–Kier alpha value is -6.06. The Labute approximate surface area is 260 Å². The number of benzene rings is 7. The largest absolute Gasteiger partial charge is 0.456 e. The molecule has 0 saturated heterocycles. The number of furan rings is 1. The lowest BCUT2D eigenvalue weighted by molar-refractivity contribution is 0.669. The van der Waals surface area contributed by atoms with Gasteiger partial charge in [-0.25, -0.2) is 0 Å². The molecule has 0 fully saturated rings. The molecule has 3 heteroatoms. The number of fused-ring (bicyclic) bond motifs is 6. The first kappa shape index (κ1) is 25.4. The number of hydrogen-bond donors (Lipinski definition) is 0. The summed E-state index contributed by atoms with van der Waals surface area (Å²) in [6.07, 6.45) is 0. The van der Waals surface area contributed by atoms with Crippen LogP contribution in [0, 0.1) is 0 Å². The Balaban J connectivity index is 1.42. The molecule has 0 unspecified atom stereocenters. The van der Waals surface area contributed by atoms with Crippen molar-refractivity contribution in [3.63, 3.8) is 0 Å². The summed E-state index contributed by atoms with van der Waals surface area (Å²) in [7, 11) is 0. The fourth-order valence-electron chi connectivity index (χ4n) is 6.75.